The van der Waals surface area contributed by atoms with Crippen molar-refractivity contribution in [3.8, 4) is 0 Å². The van der Waals surface area contributed by atoms with Crippen molar-refractivity contribution in [1.82, 2.24) is 4.90 Å². The number of hydrogen-bond acceptors (Lipinski definition) is 3. The summed E-state index contributed by atoms with van der Waals surface area (Å²) in [4.78, 5) is 2.60. The van der Waals surface area contributed by atoms with Gasteiger partial charge in [-0.25, -0.2) is 0 Å². The van der Waals surface area contributed by atoms with Gasteiger partial charge < -0.3 is 14.4 Å². The highest BCUT2D eigenvalue weighted by Gasteiger charge is 2.44. The summed E-state index contributed by atoms with van der Waals surface area (Å²) in [6, 6.07) is 10.9. The molecule has 2 saturated heterocycles. The van der Waals surface area contributed by atoms with Gasteiger partial charge >= 0.3 is 0 Å². The van der Waals surface area contributed by atoms with E-state index in [0.29, 0.717) is 5.92 Å². The zero-order valence-corrected chi connectivity index (χ0v) is 15.8. The topological polar surface area (TPSA) is 21.7 Å². The van der Waals surface area contributed by atoms with E-state index in [-0.39, 0.29) is 11.9 Å². The number of nitrogens with zero attached hydrogens (tertiary/aromatic N) is 1. The van der Waals surface area contributed by atoms with Crippen molar-refractivity contribution in [2.45, 2.75) is 63.8 Å². The van der Waals surface area contributed by atoms with Gasteiger partial charge in [0.25, 0.3) is 0 Å². The van der Waals surface area contributed by atoms with Gasteiger partial charge in [0.2, 0.25) is 0 Å². The van der Waals surface area contributed by atoms with E-state index in [1.807, 2.05) is 0 Å². The summed E-state index contributed by atoms with van der Waals surface area (Å²) >= 11 is 0. The van der Waals surface area contributed by atoms with Gasteiger partial charge in [0.1, 0.15) is 0 Å². The van der Waals surface area contributed by atoms with Crippen LogP contribution in [0.1, 0.15) is 57.4 Å². The van der Waals surface area contributed by atoms with Crippen LogP contribution >= 0.6 is 0 Å². The second kappa shape index (κ2) is 7.38. The molecule has 2 heterocycles. The number of piperidine rings is 1. The Hall–Kier alpha value is -0.900. The third-order valence-corrected chi connectivity index (χ3v) is 6.34. The number of likely N-dealkylation sites (tertiary alicyclic amines) is 1. The van der Waals surface area contributed by atoms with Gasteiger partial charge in [-0.1, -0.05) is 44.2 Å². The SMILES string of the molecule is CC1CC(C)CN(CC2COC3(CCC(c4ccccc4)CC3)O2)C1. The van der Waals surface area contributed by atoms with Crippen LogP contribution in [0.3, 0.4) is 0 Å². The van der Waals surface area contributed by atoms with Gasteiger partial charge in [-0.05, 0) is 42.6 Å². The molecular weight excluding hydrogens is 310 g/mol. The molecule has 25 heavy (non-hydrogen) atoms. The monoisotopic (exact) mass is 343 g/mol. The van der Waals surface area contributed by atoms with Gasteiger partial charge in [0, 0.05) is 32.5 Å². The van der Waals surface area contributed by atoms with E-state index in [4.69, 9.17) is 9.47 Å². The summed E-state index contributed by atoms with van der Waals surface area (Å²) in [5, 5.41) is 0. The summed E-state index contributed by atoms with van der Waals surface area (Å²) in [5.41, 5.74) is 1.48. The van der Waals surface area contributed by atoms with Gasteiger partial charge in [0.15, 0.2) is 5.79 Å². The molecule has 138 valence electrons. The van der Waals surface area contributed by atoms with Crippen LogP contribution in [0.15, 0.2) is 30.3 Å². The molecule has 3 nitrogen and oxygen atoms in total. The van der Waals surface area contributed by atoms with Crippen LogP contribution in [0, 0.1) is 11.8 Å². The first-order valence-corrected chi connectivity index (χ1v) is 10.2. The molecule has 1 aromatic rings. The van der Waals surface area contributed by atoms with Crippen LogP contribution in [0.2, 0.25) is 0 Å². The maximum atomic E-state index is 6.48. The molecule has 2 aliphatic heterocycles. The smallest absolute Gasteiger partial charge is 0.169 e. The van der Waals surface area contributed by atoms with Gasteiger partial charge in [-0.3, -0.25) is 0 Å². The summed E-state index contributed by atoms with van der Waals surface area (Å²) < 4.78 is 12.7. The normalized spacial score (nSPS) is 39.8. The van der Waals surface area contributed by atoms with Crippen molar-refractivity contribution in [2.75, 3.05) is 26.2 Å². The van der Waals surface area contributed by atoms with E-state index in [9.17, 15) is 0 Å². The Labute approximate surface area is 152 Å². The van der Waals surface area contributed by atoms with Crippen LogP contribution < -0.4 is 0 Å². The molecule has 4 rings (SSSR count). The lowest BCUT2D eigenvalue weighted by atomic mass is 9.81. The number of hydrogen-bond donors (Lipinski definition) is 0. The molecule has 3 aliphatic rings. The Morgan fingerprint density at radius 3 is 2.40 bits per heavy atom. The molecule has 1 aliphatic carbocycles. The highest BCUT2D eigenvalue weighted by atomic mass is 16.7. The molecule has 1 saturated carbocycles. The average Bonchev–Trinajstić information content (AvgIpc) is 2.98. The molecule has 0 N–H and O–H groups in total. The van der Waals surface area contributed by atoms with Crippen molar-refractivity contribution < 1.29 is 9.47 Å². The summed E-state index contributed by atoms with van der Waals surface area (Å²) in [7, 11) is 0. The maximum Gasteiger partial charge on any atom is 0.169 e. The Bertz CT molecular complexity index is 542. The van der Waals surface area contributed by atoms with Crippen molar-refractivity contribution in [1.29, 1.82) is 0 Å². The molecule has 0 aromatic heterocycles. The van der Waals surface area contributed by atoms with E-state index in [0.717, 1.165) is 37.8 Å². The Morgan fingerprint density at radius 2 is 1.72 bits per heavy atom. The van der Waals surface area contributed by atoms with Crippen molar-refractivity contribution in [3.63, 3.8) is 0 Å². The fourth-order valence-corrected chi connectivity index (χ4v) is 5.31. The third-order valence-electron chi connectivity index (χ3n) is 6.34. The fraction of sp³-hybridized carbons (Fsp3) is 0.727. The van der Waals surface area contributed by atoms with Crippen molar-refractivity contribution >= 4 is 0 Å². The predicted octanol–water partition coefficient (Wildman–Crippen LogP) is 4.43. The zero-order chi connectivity index (χ0) is 17.3. The van der Waals surface area contributed by atoms with Gasteiger partial charge in [-0.15, -0.1) is 0 Å². The second-order valence-corrected chi connectivity index (χ2v) is 8.81. The highest BCUT2D eigenvalue weighted by molar-refractivity contribution is 5.20. The molecule has 0 radical (unpaired) electrons. The van der Waals surface area contributed by atoms with E-state index >= 15 is 0 Å². The van der Waals surface area contributed by atoms with Crippen molar-refractivity contribution in [3.05, 3.63) is 35.9 Å². The largest absolute Gasteiger partial charge is 0.347 e. The van der Waals surface area contributed by atoms with E-state index in [1.54, 1.807) is 0 Å². The summed E-state index contributed by atoms with van der Waals surface area (Å²) in [6.45, 7) is 9.00. The van der Waals surface area contributed by atoms with Crippen LogP contribution in [0.25, 0.3) is 0 Å². The first-order valence-electron chi connectivity index (χ1n) is 10.2. The van der Waals surface area contributed by atoms with Crippen LogP contribution in [-0.2, 0) is 9.47 Å². The first kappa shape index (κ1) is 17.5. The van der Waals surface area contributed by atoms with Crippen LogP contribution in [0.4, 0.5) is 0 Å². The minimum atomic E-state index is -0.289. The summed E-state index contributed by atoms with van der Waals surface area (Å²) in [5.74, 6) is 1.99. The number of rotatable bonds is 3. The van der Waals surface area contributed by atoms with E-state index in [2.05, 4.69) is 49.1 Å². The van der Waals surface area contributed by atoms with Crippen LogP contribution in [0.5, 0.6) is 0 Å². The van der Waals surface area contributed by atoms with E-state index < -0.39 is 0 Å². The number of ether oxygens (including phenoxy) is 2. The molecule has 3 unspecified atom stereocenters. The molecule has 1 aromatic carbocycles. The minimum Gasteiger partial charge on any atom is -0.347 e. The first-order chi connectivity index (χ1) is 12.1. The molecule has 1 spiro atoms. The standard InChI is InChI=1S/C22H33NO2/c1-17-12-18(2)14-23(13-17)15-21-16-24-22(25-21)10-8-20(9-11-22)19-6-4-3-5-7-19/h3-7,17-18,20-21H,8-16H2,1-2H3. The molecule has 0 amide bonds. The zero-order valence-electron chi connectivity index (χ0n) is 15.8. The molecule has 0 bridgehead atoms. The lowest BCUT2D eigenvalue weighted by molar-refractivity contribution is -0.190. The minimum absolute atomic E-state index is 0.255. The fourth-order valence-electron chi connectivity index (χ4n) is 5.31. The van der Waals surface area contributed by atoms with Crippen molar-refractivity contribution in [2.24, 2.45) is 11.8 Å². The predicted molar refractivity (Wildman–Crippen MR) is 101 cm³/mol. The lowest BCUT2D eigenvalue weighted by Gasteiger charge is -2.38. The molecule has 3 atom stereocenters. The maximum absolute atomic E-state index is 6.48. The quantitative estimate of drug-likeness (QED) is 0.810. The highest BCUT2D eigenvalue weighted by Crippen LogP contribution is 2.43. The third kappa shape index (κ3) is 4.10. The van der Waals surface area contributed by atoms with Crippen LogP contribution in [-0.4, -0.2) is 43.0 Å². The molecule has 3 fully saturated rings. The second-order valence-electron chi connectivity index (χ2n) is 8.81. The van der Waals surface area contributed by atoms with Gasteiger partial charge in [-0.2, -0.15) is 0 Å². The Balaban J connectivity index is 1.29. The Kier molecular flexibility index (Phi) is 5.17. The number of benzene rings is 1. The Morgan fingerprint density at radius 1 is 1.04 bits per heavy atom. The molecule has 3 heteroatoms. The molecular formula is C22H33NO2. The summed E-state index contributed by atoms with van der Waals surface area (Å²) in [6.07, 6.45) is 6.05. The van der Waals surface area contributed by atoms with E-state index in [1.165, 1.54) is 37.9 Å². The van der Waals surface area contributed by atoms with Gasteiger partial charge in [0.05, 0.1) is 12.7 Å². The lowest BCUT2D eigenvalue weighted by Crippen LogP contribution is -2.44. The average molecular weight is 344 g/mol.